The van der Waals surface area contributed by atoms with Crippen LogP contribution in [0.1, 0.15) is 63.2 Å². The van der Waals surface area contributed by atoms with E-state index in [1.165, 1.54) is 6.08 Å². The number of Topliss-reactive ketones (excluding diaryl/α,β-unsaturated/α-hetero) is 1. The van der Waals surface area contributed by atoms with Gasteiger partial charge in [-0.1, -0.05) is 25.5 Å². The highest BCUT2D eigenvalue weighted by molar-refractivity contribution is 6.01. The summed E-state index contributed by atoms with van der Waals surface area (Å²) in [4.78, 5) is 40.1. The van der Waals surface area contributed by atoms with Crippen LogP contribution in [-0.4, -0.2) is 43.9 Å². The Bertz CT molecular complexity index is 1190. The number of carbonyl (C=O) groups excluding carboxylic acids is 3. The molecule has 6 heteroatoms. The molecule has 3 fully saturated rings. The van der Waals surface area contributed by atoms with Gasteiger partial charge in [0, 0.05) is 31.1 Å². The Labute approximate surface area is 219 Å². The van der Waals surface area contributed by atoms with Gasteiger partial charge >= 0.3 is 5.97 Å². The van der Waals surface area contributed by atoms with Crippen molar-refractivity contribution in [2.45, 2.75) is 58.5 Å². The van der Waals surface area contributed by atoms with Gasteiger partial charge in [-0.25, -0.2) is 9.18 Å². The van der Waals surface area contributed by atoms with Crippen LogP contribution in [0.25, 0.3) is 0 Å². The summed E-state index contributed by atoms with van der Waals surface area (Å²) in [5.41, 5.74) is -0.230. The molecule has 0 amide bonds. The van der Waals surface area contributed by atoms with E-state index >= 15 is 4.39 Å². The second-order valence-corrected chi connectivity index (χ2v) is 12.4. The maximum absolute atomic E-state index is 17.1. The van der Waals surface area contributed by atoms with E-state index in [1.54, 1.807) is 24.3 Å². The van der Waals surface area contributed by atoms with Crippen LogP contribution >= 0.6 is 0 Å². The quantitative estimate of drug-likeness (QED) is 0.476. The molecule has 4 aliphatic rings. The molecule has 0 aromatic heterocycles. The fourth-order valence-corrected chi connectivity index (χ4v) is 8.35. The van der Waals surface area contributed by atoms with Crippen LogP contribution in [0.5, 0.6) is 0 Å². The first-order valence-electron chi connectivity index (χ1n) is 13.5. The first-order valence-corrected chi connectivity index (χ1v) is 13.5. The highest BCUT2D eigenvalue weighted by atomic mass is 19.1. The fraction of sp³-hybridized carbons (Fsp3) is 0.581. The molecule has 0 saturated heterocycles. The minimum Gasteiger partial charge on any atom is -0.454 e. The van der Waals surface area contributed by atoms with E-state index in [0.717, 1.165) is 17.7 Å². The number of rotatable bonds is 5. The second kappa shape index (κ2) is 8.92. The topological polar surface area (TPSA) is 63.7 Å². The van der Waals surface area contributed by atoms with E-state index in [1.807, 2.05) is 38.1 Å². The summed E-state index contributed by atoms with van der Waals surface area (Å²) < 4.78 is 22.6. The number of ketones is 2. The molecule has 5 rings (SSSR count). The number of hydrogen-bond acceptors (Lipinski definition) is 5. The van der Waals surface area contributed by atoms with Crippen molar-refractivity contribution in [2.24, 2.45) is 34.5 Å². The van der Waals surface area contributed by atoms with Crippen molar-refractivity contribution in [1.82, 2.24) is 0 Å². The number of esters is 1. The van der Waals surface area contributed by atoms with E-state index in [4.69, 9.17) is 4.74 Å². The number of fused-ring (bicyclic) bond motifs is 5. The molecule has 0 unspecified atom stereocenters. The highest BCUT2D eigenvalue weighted by Crippen LogP contribution is 2.69. The van der Waals surface area contributed by atoms with Gasteiger partial charge < -0.3 is 9.64 Å². The molecule has 198 valence electrons. The fourth-order valence-electron chi connectivity index (χ4n) is 8.35. The summed E-state index contributed by atoms with van der Waals surface area (Å²) in [5, 5.41) is 0. The number of allylic oxidation sites excluding steroid dienone is 4. The maximum Gasteiger partial charge on any atom is 0.338 e. The minimum absolute atomic E-state index is 0.0569. The summed E-state index contributed by atoms with van der Waals surface area (Å²) in [6.07, 6.45) is 8.13. The highest BCUT2D eigenvalue weighted by Gasteiger charge is 2.68. The molecule has 0 aliphatic heterocycles. The molecule has 1 aromatic carbocycles. The molecule has 7 atom stereocenters. The molecular weight excluding hydrogens is 469 g/mol. The molecule has 3 saturated carbocycles. The van der Waals surface area contributed by atoms with Crippen LogP contribution in [0.15, 0.2) is 48.1 Å². The van der Waals surface area contributed by atoms with E-state index in [9.17, 15) is 14.4 Å². The van der Waals surface area contributed by atoms with Gasteiger partial charge in [0.25, 0.3) is 0 Å². The normalized spacial score (nSPS) is 38.2. The number of hydrogen-bond donors (Lipinski definition) is 0. The first kappa shape index (κ1) is 25.9. The Kier molecular flexibility index (Phi) is 6.24. The predicted molar refractivity (Wildman–Crippen MR) is 141 cm³/mol. The van der Waals surface area contributed by atoms with Gasteiger partial charge in [-0.15, -0.1) is 0 Å². The average Bonchev–Trinajstić information content (AvgIpc) is 3.13. The lowest BCUT2D eigenvalue weighted by atomic mass is 9.46. The number of ether oxygens (including phenoxy) is 1. The third-order valence-corrected chi connectivity index (χ3v) is 10.3. The standard InChI is InChI=1S/C31H38FNO4/c1-19-16-25-24-11-8-21-17-23(34)12-13-30(21,3)31(24,32)15-14-29(25,2)27(19)26(35)18-37-28(36)20-6-9-22(10-7-20)33(4)5/h6-7,9-10,12-13,17,19,24-25,27H,8,11,14-16,18H2,1-5H3/t19-,24+,25+,27-,29+,30+,31-/m1/s1. The van der Waals surface area contributed by atoms with Crippen LogP contribution in [0.2, 0.25) is 0 Å². The zero-order valence-electron chi connectivity index (χ0n) is 22.6. The molecule has 0 radical (unpaired) electrons. The van der Waals surface area contributed by atoms with Gasteiger partial charge in [0.2, 0.25) is 0 Å². The van der Waals surface area contributed by atoms with E-state index in [0.29, 0.717) is 31.2 Å². The van der Waals surface area contributed by atoms with E-state index in [-0.39, 0.29) is 47.3 Å². The summed E-state index contributed by atoms with van der Waals surface area (Å²) in [6.45, 7) is 5.93. The van der Waals surface area contributed by atoms with Crippen LogP contribution in [0.4, 0.5) is 10.1 Å². The first-order chi connectivity index (χ1) is 17.4. The number of anilines is 1. The van der Waals surface area contributed by atoms with Crippen LogP contribution in [-0.2, 0) is 14.3 Å². The van der Waals surface area contributed by atoms with Crippen molar-refractivity contribution in [3.8, 4) is 0 Å². The molecule has 0 spiro atoms. The largest absolute Gasteiger partial charge is 0.454 e. The van der Waals surface area contributed by atoms with E-state index in [2.05, 4.69) is 13.8 Å². The van der Waals surface area contributed by atoms with Gasteiger partial charge in [0.15, 0.2) is 18.2 Å². The third kappa shape index (κ3) is 3.90. The van der Waals surface area contributed by atoms with Gasteiger partial charge in [-0.3, -0.25) is 9.59 Å². The Morgan fingerprint density at radius 1 is 1.11 bits per heavy atom. The third-order valence-electron chi connectivity index (χ3n) is 10.3. The molecular formula is C31H38FNO4. The Hall–Kier alpha value is -2.76. The lowest BCUT2D eigenvalue weighted by Crippen LogP contribution is -2.60. The Morgan fingerprint density at radius 3 is 2.49 bits per heavy atom. The number of alkyl halides is 1. The minimum atomic E-state index is -1.43. The lowest BCUT2D eigenvalue weighted by molar-refractivity contribution is -0.144. The smallest absolute Gasteiger partial charge is 0.338 e. The SMILES string of the molecule is C[C@@H]1C[C@H]2[C@@H]3CCC4=CC(=O)C=C[C@]4(C)[C@@]3(F)CC[C@]2(C)[C@H]1C(=O)COC(=O)c1ccc(N(C)C)cc1. The summed E-state index contributed by atoms with van der Waals surface area (Å²) >= 11 is 0. The van der Waals surface area contributed by atoms with Crippen molar-refractivity contribution >= 4 is 23.2 Å². The molecule has 4 aliphatic carbocycles. The van der Waals surface area contributed by atoms with Crippen molar-refractivity contribution < 1.29 is 23.5 Å². The van der Waals surface area contributed by atoms with Crippen molar-refractivity contribution in [2.75, 3.05) is 25.6 Å². The molecule has 0 N–H and O–H groups in total. The average molecular weight is 508 g/mol. The van der Waals surface area contributed by atoms with E-state index < -0.39 is 17.1 Å². The monoisotopic (exact) mass is 507 g/mol. The van der Waals surface area contributed by atoms with Crippen molar-refractivity contribution in [1.29, 1.82) is 0 Å². The zero-order valence-corrected chi connectivity index (χ0v) is 22.6. The van der Waals surface area contributed by atoms with Gasteiger partial charge in [-0.05, 0) is 98.6 Å². The Morgan fingerprint density at radius 2 is 1.81 bits per heavy atom. The summed E-state index contributed by atoms with van der Waals surface area (Å²) in [7, 11) is 3.85. The van der Waals surface area contributed by atoms with Crippen LogP contribution in [0, 0.1) is 34.5 Å². The van der Waals surface area contributed by atoms with Gasteiger partial charge in [-0.2, -0.15) is 0 Å². The van der Waals surface area contributed by atoms with Crippen molar-refractivity contribution in [3.05, 3.63) is 53.6 Å². The van der Waals surface area contributed by atoms with Gasteiger partial charge in [0.05, 0.1) is 5.56 Å². The predicted octanol–water partition coefficient (Wildman–Crippen LogP) is 5.74. The lowest BCUT2D eigenvalue weighted by Gasteiger charge is -2.60. The van der Waals surface area contributed by atoms with Gasteiger partial charge in [0.1, 0.15) is 5.67 Å². The molecule has 1 aromatic rings. The number of benzene rings is 1. The number of carbonyl (C=O) groups is 3. The van der Waals surface area contributed by atoms with Crippen LogP contribution < -0.4 is 4.90 Å². The molecule has 37 heavy (non-hydrogen) atoms. The molecule has 5 nitrogen and oxygen atoms in total. The Balaban J connectivity index is 1.32. The van der Waals surface area contributed by atoms with Crippen molar-refractivity contribution in [3.63, 3.8) is 0 Å². The number of nitrogens with zero attached hydrogens (tertiary/aromatic N) is 1. The second-order valence-electron chi connectivity index (χ2n) is 12.4. The molecule has 0 heterocycles. The zero-order chi connectivity index (χ0) is 26.8. The maximum atomic E-state index is 17.1. The molecule has 0 bridgehead atoms. The summed E-state index contributed by atoms with van der Waals surface area (Å²) in [6, 6.07) is 7.10. The van der Waals surface area contributed by atoms with Crippen LogP contribution in [0.3, 0.4) is 0 Å². The summed E-state index contributed by atoms with van der Waals surface area (Å²) in [5.74, 6) is -0.879. The number of halogens is 1.